The Labute approximate surface area is 167 Å². The predicted molar refractivity (Wildman–Crippen MR) is 100 cm³/mol. The number of aromatic amines is 1. The highest BCUT2D eigenvalue weighted by Crippen LogP contribution is 2.56. The summed E-state index contributed by atoms with van der Waals surface area (Å²) in [5.74, 6) is -1.20. The number of amides is 1. The normalized spacial score (nSPS) is 19.6. The summed E-state index contributed by atoms with van der Waals surface area (Å²) < 4.78 is 10.9. The Bertz CT molecular complexity index is 1130. The second-order valence-electron chi connectivity index (χ2n) is 6.41. The number of ether oxygens (including phenoxy) is 2. The SMILES string of the molecule is COC(=O)Cc1[nH]nc2c1C1(C(=O)Nc3ccc(C)c(Br)c31)C(C#N)=C(N)O2. The molecule has 4 rings (SSSR count). The van der Waals surface area contributed by atoms with Crippen LogP contribution in [-0.2, 0) is 26.2 Å². The van der Waals surface area contributed by atoms with Crippen LogP contribution in [0.3, 0.4) is 0 Å². The topological polar surface area (TPSA) is 143 Å². The first kappa shape index (κ1) is 18.1. The molecule has 9 nitrogen and oxygen atoms in total. The molecular weight excluding hydrogens is 430 g/mol. The van der Waals surface area contributed by atoms with Crippen molar-refractivity contribution in [1.82, 2.24) is 10.2 Å². The van der Waals surface area contributed by atoms with Gasteiger partial charge in [0.05, 0.1) is 24.8 Å². The van der Waals surface area contributed by atoms with E-state index >= 15 is 0 Å². The molecule has 10 heteroatoms. The van der Waals surface area contributed by atoms with E-state index in [0.29, 0.717) is 21.4 Å². The fraction of sp³-hybridized carbons (Fsp3) is 0.222. The number of anilines is 1. The van der Waals surface area contributed by atoms with Gasteiger partial charge in [-0.15, -0.1) is 5.10 Å². The Hall–Kier alpha value is -3.32. The molecule has 0 aliphatic carbocycles. The van der Waals surface area contributed by atoms with Crippen LogP contribution in [0.15, 0.2) is 28.1 Å². The molecule has 3 heterocycles. The highest BCUT2D eigenvalue weighted by Gasteiger charge is 2.59. The number of nitrogens with zero attached hydrogens (tertiary/aromatic N) is 2. The summed E-state index contributed by atoms with van der Waals surface area (Å²) in [5.41, 5.74) is 6.80. The average molecular weight is 444 g/mol. The third-order valence-corrected chi connectivity index (χ3v) is 5.99. The zero-order valence-corrected chi connectivity index (χ0v) is 16.4. The Kier molecular flexibility index (Phi) is 3.94. The molecule has 1 atom stereocenters. The Morgan fingerprint density at radius 1 is 1.46 bits per heavy atom. The monoisotopic (exact) mass is 443 g/mol. The first-order valence-electron chi connectivity index (χ1n) is 8.20. The van der Waals surface area contributed by atoms with Crippen molar-refractivity contribution in [3.05, 3.63) is 50.4 Å². The van der Waals surface area contributed by atoms with Gasteiger partial charge in [0.25, 0.3) is 0 Å². The summed E-state index contributed by atoms with van der Waals surface area (Å²) in [4.78, 5) is 25.3. The smallest absolute Gasteiger partial charge is 0.311 e. The number of hydrogen-bond acceptors (Lipinski definition) is 7. The van der Waals surface area contributed by atoms with Gasteiger partial charge in [-0.3, -0.25) is 14.7 Å². The van der Waals surface area contributed by atoms with Gasteiger partial charge in [0.1, 0.15) is 17.1 Å². The number of nitrogens with one attached hydrogen (secondary N) is 2. The molecule has 1 amide bonds. The van der Waals surface area contributed by atoms with Crippen molar-refractivity contribution in [2.75, 3.05) is 12.4 Å². The van der Waals surface area contributed by atoms with Crippen LogP contribution in [-0.4, -0.2) is 29.2 Å². The molecule has 2 aliphatic heterocycles. The van der Waals surface area contributed by atoms with Gasteiger partial charge in [0.2, 0.25) is 17.7 Å². The molecule has 0 saturated carbocycles. The molecule has 0 saturated heterocycles. The van der Waals surface area contributed by atoms with Crippen LogP contribution in [0.25, 0.3) is 0 Å². The molecule has 142 valence electrons. The maximum atomic E-state index is 13.4. The summed E-state index contributed by atoms with van der Waals surface area (Å²) in [5, 5.41) is 19.5. The van der Waals surface area contributed by atoms with Crippen LogP contribution in [0, 0.1) is 18.3 Å². The molecule has 0 radical (unpaired) electrons. The molecule has 1 aromatic carbocycles. The number of fused-ring (bicyclic) bond motifs is 4. The third-order valence-electron chi connectivity index (χ3n) is 4.97. The Morgan fingerprint density at radius 2 is 2.21 bits per heavy atom. The lowest BCUT2D eigenvalue weighted by Gasteiger charge is -2.32. The van der Waals surface area contributed by atoms with Crippen molar-refractivity contribution >= 4 is 33.5 Å². The molecule has 4 N–H and O–H groups in total. The van der Waals surface area contributed by atoms with E-state index in [1.807, 2.05) is 19.1 Å². The average Bonchev–Trinajstić information content (AvgIpc) is 3.18. The number of carbonyl (C=O) groups excluding carboxylic acids is 2. The van der Waals surface area contributed by atoms with Crippen molar-refractivity contribution in [2.45, 2.75) is 18.8 Å². The lowest BCUT2D eigenvalue weighted by molar-refractivity contribution is -0.139. The highest BCUT2D eigenvalue weighted by molar-refractivity contribution is 9.10. The second-order valence-corrected chi connectivity index (χ2v) is 7.20. The van der Waals surface area contributed by atoms with Gasteiger partial charge >= 0.3 is 5.97 Å². The number of rotatable bonds is 2. The van der Waals surface area contributed by atoms with Crippen LogP contribution in [0.1, 0.15) is 22.4 Å². The lowest BCUT2D eigenvalue weighted by Crippen LogP contribution is -2.43. The van der Waals surface area contributed by atoms with Crippen LogP contribution >= 0.6 is 15.9 Å². The van der Waals surface area contributed by atoms with E-state index in [1.165, 1.54) is 7.11 Å². The molecule has 1 aromatic heterocycles. The number of H-pyrrole nitrogens is 1. The minimum Gasteiger partial charge on any atom is -0.469 e. The summed E-state index contributed by atoms with van der Waals surface area (Å²) in [6.07, 6.45) is -0.186. The van der Waals surface area contributed by atoms with Crippen molar-refractivity contribution in [2.24, 2.45) is 5.73 Å². The molecule has 2 aliphatic rings. The number of halogens is 1. The van der Waals surface area contributed by atoms with Crippen LogP contribution in [0.4, 0.5) is 5.69 Å². The van der Waals surface area contributed by atoms with E-state index < -0.39 is 17.3 Å². The van der Waals surface area contributed by atoms with Gasteiger partial charge in [0.15, 0.2) is 0 Å². The number of methoxy groups -OCH3 is 1. The quantitative estimate of drug-likeness (QED) is 0.596. The zero-order valence-electron chi connectivity index (χ0n) is 14.8. The lowest BCUT2D eigenvalue weighted by atomic mass is 9.68. The van der Waals surface area contributed by atoms with E-state index in [2.05, 4.69) is 31.4 Å². The number of nitrogens with two attached hydrogens (primary N) is 1. The van der Waals surface area contributed by atoms with Crippen molar-refractivity contribution in [3.8, 4) is 11.9 Å². The van der Waals surface area contributed by atoms with Crippen LogP contribution < -0.4 is 15.8 Å². The largest absolute Gasteiger partial charge is 0.469 e. The van der Waals surface area contributed by atoms with Gasteiger partial charge in [0, 0.05) is 15.7 Å². The number of benzene rings is 1. The fourth-order valence-electron chi connectivity index (χ4n) is 3.73. The van der Waals surface area contributed by atoms with Gasteiger partial charge in [-0.05, 0) is 18.6 Å². The maximum Gasteiger partial charge on any atom is 0.311 e. The molecule has 1 unspecified atom stereocenters. The summed E-state index contributed by atoms with van der Waals surface area (Å²) >= 11 is 3.55. The standard InChI is InChI=1S/C18H14BrN5O4/c1-7-3-4-9-12(14(7)19)18(17(26)22-9)8(6-20)15(21)28-16-13(18)10(23-24-16)5-11(25)27-2/h3-4H,5,21H2,1-2H3,(H,22,26)(H,23,24). The first-order valence-corrected chi connectivity index (χ1v) is 8.99. The van der Waals surface area contributed by atoms with Gasteiger partial charge in [-0.2, -0.15) is 5.26 Å². The molecule has 2 aromatic rings. The number of aromatic nitrogens is 2. The van der Waals surface area contributed by atoms with Crippen molar-refractivity contribution < 1.29 is 19.1 Å². The number of aryl methyl sites for hydroxylation is 1. The fourth-order valence-corrected chi connectivity index (χ4v) is 4.37. The van der Waals surface area contributed by atoms with E-state index in [4.69, 9.17) is 15.2 Å². The van der Waals surface area contributed by atoms with E-state index in [1.54, 1.807) is 6.07 Å². The first-order chi connectivity index (χ1) is 13.4. The third kappa shape index (κ3) is 2.13. The van der Waals surface area contributed by atoms with E-state index in [-0.39, 0.29) is 29.3 Å². The van der Waals surface area contributed by atoms with Crippen LogP contribution in [0.5, 0.6) is 5.88 Å². The van der Waals surface area contributed by atoms with Gasteiger partial charge < -0.3 is 20.5 Å². The molecule has 0 fully saturated rings. The minimum absolute atomic E-state index is 0.0341. The number of nitriles is 1. The van der Waals surface area contributed by atoms with Gasteiger partial charge in [-0.25, -0.2) is 0 Å². The molecule has 0 bridgehead atoms. The number of esters is 1. The van der Waals surface area contributed by atoms with Gasteiger partial charge in [-0.1, -0.05) is 22.0 Å². The Morgan fingerprint density at radius 3 is 2.89 bits per heavy atom. The number of hydrogen-bond donors (Lipinski definition) is 3. The van der Waals surface area contributed by atoms with E-state index in [0.717, 1.165) is 5.56 Å². The summed E-state index contributed by atoms with van der Waals surface area (Å²) in [7, 11) is 1.26. The van der Waals surface area contributed by atoms with Crippen LogP contribution in [0.2, 0.25) is 0 Å². The highest BCUT2D eigenvalue weighted by atomic mass is 79.9. The maximum absolute atomic E-state index is 13.4. The summed E-state index contributed by atoms with van der Waals surface area (Å²) in [6.45, 7) is 1.87. The summed E-state index contributed by atoms with van der Waals surface area (Å²) in [6, 6.07) is 5.61. The molecular formula is C18H14BrN5O4. The van der Waals surface area contributed by atoms with Crippen molar-refractivity contribution in [3.63, 3.8) is 0 Å². The number of carbonyl (C=O) groups is 2. The van der Waals surface area contributed by atoms with E-state index in [9.17, 15) is 14.9 Å². The van der Waals surface area contributed by atoms with Crippen molar-refractivity contribution in [1.29, 1.82) is 5.26 Å². The zero-order chi connectivity index (χ0) is 20.2. The molecule has 1 spiro atoms. The second kappa shape index (κ2) is 6.10. The Balaban J connectivity index is 2.12. The minimum atomic E-state index is -1.61. The molecule has 28 heavy (non-hydrogen) atoms. The predicted octanol–water partition coefficient (Wildman–Crippen LogP) is 1.52.